The highest BCUT2D eigenvalue weighted by molar-refractivity contribution is 9.10. The van der Waals surface area contributed by atoms with Crippen molar-refractivity contribution in [2.24, 2.45) is 0 Å². The molecule has 7 nitrogen and oxygen atoms in total. The van der Waals surface area contributed by atoms with Crippen LogP contribution >= 0.6 is 15.9 Å². The Morgan fingerprint density at radius 3 is 2.79 bits per heavy atom. The topological polar surface area (TPSA) is 84.0 Å². The highest BCUT2D eigenvalue weighted by atomic mass is 79.9. The summed E-state index contributed by atoms with van der Waals surface area (Å²) in [6, 6.07) is 7.49. The fourth-order valence-corrected chi connectivity index (χ4v) is 1.62. The number of nitrogens with zero attached hydrogens (tertiary/aromatic N) is 4. The van der Waals surface area contributed by atoms with Gasteiger partial charge < -0.3 is 9.64 Å². The number of amides is 1. The third-order valence-corrected chi connectivity index (χ3v) is 2.92. The van der Waals surface area contributed by atoms with Crippen molar-refractivity contribution in [1.82, 2.24) is 25.5 Å². The second-order valence-corrected chi connectivity index (χ2v) is 4.68. The standard InChI is InChI=1S/C11H12BrN5O2/c1-17(11(18)10-13-15-16-14-10)6-7-19-9-4-2-8(12)3-5-9/h2-5H,6-7H2,1H3,(H,13,14,15,16). The molecule has 2 rings (SSSR count). The van der Waals surface area contributed by atoms with E-state index in [1.165, 1.54) is 4.90 Å². The van der Waals surface area contributed by atoms with Crippen LogP contribution in [-0.2, 0) is 0 Å². The maximum atomic E-state index is 11.8. The van der Waals surface area contributed by atoms with Crippen LogP contribution in [0.1, 0.15) is 10.6 Å². The number of H-pyrrole nitrogens is 1. The Bertz CT molecular complexity index is 529. The monoisotopic (exact) mass is 325 g/mol. The molecule has 0 bridgehead atoms. The van der Waals surface area contributed by atoms with Crippen molar-refractivity contribution in [2.45, 2.75) is 0 Å². The maximum Gasteiger partial charge on any atom is 0.295 e. The summed E-state index contributed by atoms with van der Waals surface area (Å²) in [6.45, 7) is 0.825. The predicted molar refractivity (Wildman–Crippen MR) is 70.8 cm³/mol. The van der Waals surface area contributed by atoms with E-state index in [0.717, 1.165) is 10.2 Å². The van der Waals surface area contributed by atoms with Crippen molar-refractivity contribution in [3.05, 3.63) is 34.6 Å². The molecule has 0 aliphatic rings. The highest BCUT2D eigenvalue weighted by Gasteiger charge is 2.15. The fraction of sp³-hybridized carbons (Fsp3) is 0.273. The van der Waals surface area contributed by atoms with Crippen LogP contribution < -0.4 is 4.74 Å². The van der Waals surface area contributed by atoms with Gasteiger partial charge in [-0.15, -0.1) is 10.2 Å². The molecule has 2 aromatic rings. The number of halogens is 1. The first-order valence-electron chi connectivity index (χ1n) is 5.54. The third-order valence-electron chi connectivity index (χ3n) is 2.39. The van der Waals surface area contributed by atoms with Gasteiger partial charge in [0.2, 0.25) is 0 Å². The van der Waals surface area contributed by atoms with Crippen LogP contribution in [0.2, 0.25) is 0 Å². The lowest BCUT2D eigenvalue weighted by molar-refractivity contribution is 0.0762. The van der Waals surface area contributed by atoms with E-state index in [2.05, 4.69) is 36.6 Å². The molecule has 0 fully saturated rings. The van der Waals surface area contributed by atoms with E-state index in [1.54, 1.807) is 7.05 Å². The van der Waals surface area contributed by atoms with E-state index in [4.69, 9.17) is 4.74 Å². The van der Waals surface area contributed by atoms with Gasteiger partial charge in [-0.1, -0.05) is 15.9 Å². The molecular formula is C11H12BrN5O2. The van der Waals surface area contributed by atoms with E-state index in [9.17, 15) is 4.79 Å². The number of hydrogen-bond donors (Lipinski definition) is 1. The first-order chi connectivity index (χ1) is 9.16. The Morgan fingerprint density at radius 2 is 2.16 bits per heavy atom. The summed E-state index contributed by atoms with van der Waals surface area (Å²) in [5.74, 6) is 0.503. The summed E-state index contributed by atoms with van der Waals surface area (Å²) in [5, 5.41) is 12.8. The number of ether oxygens (including phenoxy) is 1. The predicted octanol–water partition coefficient (Wildman–Crippen LogP) is 1.11. The summed E-state index contributed by atoms with van der Waals surface area (Å²) in [7, 11) is 1.66. The largest absolute Gasteiger partial charge is 0.492 e. The number of carbonyl (C=O) groups excluding carboxylic acids is 1. The van der Waals surface area contributed by atoms with Crippen molar-refractivity contribution < 1.29 is 9.53 Å². The number of aromatic nitrogens is 4. The Morgan fingerprint density at radius 1 is 1.42 bits per heavy atom. The molecule has 1 amide bonds. The number of tetrazole rings is 1. The van der Waals surface area contributed by atoms with Gasteiger partial charge in [0.1, 0.15) is 12.4 Å². The molecule has 100 valence electrons. The number of nitrogens with one attached hydrogen (secondary N) is 1. The number of rotatable bonds is 5. The normalized spacial score (nSPS) is 10.2. The van der Waals surface area contributed by atoms with Crippen LogP contribution in [0, 0.1) is 0 Å². The molecule has 0 unspecified atom stereocenters. The molecular weight excluding hydrogens is 314 g/mol. The summed E-state index contributed by atoms with van der Waals surface area (Å²) < 4.78 is 6.51. The quantitative estimate of drug-likeness (QED) is 0.890. The van der Waals surface area contributed by atoms with Crippen LogP contribution in [-0.4, -0.2) is 51.6 Å². The van der Waals surface area contributed by atoms with Gasteiger partial charge in [0.25, 0.3) is 11.7 Å². The summed E-state index contributed by atoms with van der Waals surface area (Å²) in [6.07, 6.45) is 0. The van der Waals surface area contributed by atoms with Crippen LogP contribution in [0.15, 0.2) is 28.7 Å². The molecule has 0 radical (unpaired) electrons. The second kappa shape index (κ2) is 6.28. The molecule has 1 N–H and O–H groups in total. The molecule has 0 saturated heterocycles. The van der Waals surface area contributed by atoms with E-state index in [1.807, 2.05) is 24.3 Å². The number of likely N-dealkylation sites (N-methyl/N-ethyl adjacent to an activating group) is 1. The minimum atomic E-state index is -0.298. The Labute approximate surface area is 118 Å². The molecule has 0 aliphatic carbocycles. The molecule has 1 aromatic heterocycles. The molecule has 0 spiro atoms. The first kappa shape index (κ1) is 13.5. The zero-order valence-corrected chi connectivity index (χ0v) is 11.8. The zero-order valence-electron chi connectivity index (χ0n) is 10.2. The Hall–Kier alpha value is -1.96. The summed E-state index contributed by atoms with van der Waals surface area (Å²) >= 11 is 3.35. The smallest absolute Gasteiger partial charge is 0.295 e. The molecule has 8 heteroatoms. The second-order valence-electron chi connectivity index (χ2n) is 3.76. The molecule has 0 aliphatic heterocycles. The van der Waals surface area contributed by atoms with Gasteiger partial charge in [-0.05, 0) is 29.5 Å². The van der Waals surface area contributed by atoms with Gasteiger partial charge in [0.05, 0.1) is 6.54 Å². The van der Waals surface area contributed by atoms with Gasteiger partial charge in [0.15, 0.2) is 0 Å². The number of aromatic amines is 1. The molecule has 1 heterocycles. The SMILES string of the molecule is CN(CCOc1ccc(Br)cc1)C(=O)c1nn[nH]n1. The van der Waals surface area contributed by atoms with Crippen molar-refractivity contribution in [3.8, 4) is 5.75 Å². The Kier molecular flexibility index (Phi) is 4.45. The number of hydrogen-bond acceptors (Lipinski definition) is 5. The summed E-state index contributed by atoms with van der Waals surface area (Å²) in [4.78, 5) is 13.2. The minimum Gasteiger partial charge on any atom is -0.492 e. The van der Waals surface area contributed by atoms with Crippen LogP contribution in [0.3, 0.4) is 0 Å². The lowest BCUT2D eigenvalue weighted by Gasteiger charge is -2.15. The van der Waals surface area contributed by atoms with Crippen molar-refractivity contribution in [3.63, 3.8) is 0 Å². The average Bonchev–Trinajstić information content (AvgIpc) is 2.94. The van der Waals surface area contributed by atoms with Crippen LogP contribution in [0.5, 0.6) is 5.75 Å². The summed E-state index contributed by atoms with van der Waals surface area (Å²) in [5.41, 5.74) is 0. The Balaban J connectivity index is 1.79. The highest BCUT2D eigenvalue weighted by Crippen LogP contribution is 2.15. The van der Waals surface area contributed by atoms with Gasteiger partial charge in [-0.25, -0.2) is 0 Å². The first-order valence-corrected chi connectivity index (χ1v) is 6.33. The van der Waals surface area contributed by atoms with Gasteiger partial charge in [-0.2, -0.15) is 5.21 Å². The molecule has 1 aromatic carbocycles. The number of benzene rings is 1. The van der Waals surface area contributed by atoms with Crippen molar-refractivity contribution >= 4 is 21.8 Å². The minimum absolute atomic E-state index is 0.0474. The van der Waals surface area contributed by atoms with Gasteiger partial charge in [-0.3, -0.25) is 4.79 Å². The fourth-order valence-electron chi connectivity index (χ4n) is 1.36. The molecule has 19 heavy (non-hydrogen) atoms. The average molecular weight is 326 g/mol. The van der Waals surface area contributed by atoms with E-state index < -0.39 is 0 Å². The molecule has 0 saturated carbocycles. The lowest BCUT2D eigenvalue weighted by atomic mass is 10.3. The van der Waals surface area contributed by atoms with Crippen molar-refractivity contribution in [1.29, 1.82) is 0 Å². The van der Waals surface area contributed by atoms with Crippen LogP contribution in [0.25, 0.3) is 0 Å². The maximum absolute atomic E-state index is 11.8. The zero-order chi connectivity index (χ0) is 13.7. The van der Waals surface area contributed by atoms with E-state index >= 15 is 0 Å². The molecule has 0 atom stereocenters. The van der Waals surface area contributed by atoms with Gasteiger partial charge >= 0.3 is 0 Å². The lowest BCUT2D eigenvalue weighted by Crippen LogP contribution is -2.31. The van der Waals surface area contributed by atoms with Gasteiger partial charge in [0, 0.05) is 11.5 Å². The van der Waals surface area contributed by atoms with E-state index in [-0.39, 0.29) is 11.7 Å². The third kappa shape index (κ3) is 3.75. The number of carbonyl (C=O) groups is 1. The van der Waals surface area contributed by atoms with Crippen molar-refractivity contribution in [2.75, 3.05) is 20.2 Å². The van der Waals surface area contributed by atoms with Crippen LogP contribution in [0.4, 0.5) is 0 Å². The van der Waals surface area contributed by atoms with E-state index in [0.29, 0.717) is 13.2 Å².